The first-order valence-electron chi connectivity index (χ1n) is 6.49. The SMILES string of the molecule is CC1(C)OB(CNC(=O)c2cncc(O)c2)OC1(C)C. The summed E-state index contributed by atoms with van der Waals surface area (Å²) in [6, 6.07) is 1.35. The van der Waals surface area contributed by atoms with Crippen LogP contribution in [0.1, 0.15) is 38.1 Å². The van der Waals surface area contributed by atoms with Crippen molar-refractivity contribution in [3.63, 3.8) is 0 Å². The molecule has 0 aliphatic carbocycles. The lowest BCUT2D eigenvalue weighted by Gasteiger charge is -2.32. The van der Waals surface area contributed by atoms with E-state index in [1.54, 1.807) is 0 Å². The number of amides is 1. The van der Waals surface area contributed by atoms with Gasteiger partial charge in [0, 0.05) is 6.20 Å². The number of hydrogen-bond donors (Lipinski definition) is 2. The Kier molecular flexibility index (Phi) is 3.75. The fraction of sp³-hybridized carbons (Fsp3) is 0.538. The zero-order chi connectivity index (χ0) is 15.0. The minimum absolute atomic E-state index is 0.0479. The van der Waals surface area contributed by atoms with E-state index in [9.17, 15) is 9.90 Å². The van der Waals surface area contributed by atoms with Crippen LogP contribution in [0, 0.1) is 0 Å². The minimum atomic E-state index is -0.491. The summed E-state index contributed by atoms with van der Waals surface area (Å²) >= 11 is 0. The number of nitrogens with one attached hydrogen (secondary N) is 1. The van der Waals surface area contributed by atoms with Crippen molar-refractivity contribution in [3.05, 3.63) is 24.0 Å². The molecule has 7 heteroatoms. The molecule has 1 amide bonds. The van der Waals surface area contributed by atoms with Crippen LogP contribution in [0.25, 0.3) is 0 Å². The van der Waals surface area contributed by atoms with Crippen LogP contribution in [0.3, 0.4) is 0 Å². The Balaban J connectivity index is 1.92. The largest absolute Gasteiger partial charge is 0.506 e. The maximum absolute atomic E-state index is 11.9. The highest BCUT2D eigenvalue weighted by Crippen LogP contribution is 2.36. The highest BCUT2D eigenvalue weighted by atomic mass is 16.7. The van der Waals surface area contributed by atoms with Gasteiger partial charge in [-0.05, 0) is 33.8 Å². The molecule has 2 rings (SSSR count). The molecule has 0 radical (unpaired) electrons. The first-order valence-corrected chi connectivity index (χ1v) is 6.49. The van der Waals surface area contributed by atoms with Crippen LogP contribution < -0.4 is 5.32 Å². The molecule has 1 fully saturated rings. The van der Waals surface area contributed by atoms with Crippen molar-refractivity contribution in [3.8, 4) is 5.75 Å². The quantitative estimate of drug-likeness (QED) is 0.811. The average Bonchev–Trinajstić information content (AvgIpc) is 2.55. The number of aromatic nitrogens is 1. The van der Waals surface area contributed by atoms with Crippen LogP contribution in [0.4, 0.5) is 0 Å². The third-order valence-corrected chi connectivity index (χ3v) is 3.72. The highest BCUT2D eigenvalue weighted by molar-refractivity contribution is 6.46. The molecule has 0 saturated carbocycles. The molecule has 0 spiro atoms. The minimum Gasteiger partial charge on any atom is -0.506 e. The van der Waals surface area contributed by atoms with Crippen molar-refractivity contribution in [2.75, 3.05) is 6.44 Å². The van der Waals surface area contributed by atoms with Gasteiger partial charge in [0.15, 0.2) is 0 Å². The number of pyridine rings is 1. The smallest absolute Gasteiger partial charge is 0.478 e. The predicted molar refractivity (Wildman–Crippen MR) is 74.3 cm³/mol. The topological polar surface area (TPSA) is 80.7 Å². The van der Waals surface area contributed by atoms with E-state index in [4.69, 9.17) is 9.31 Å². The van der Waals surface area contributed by atoms with E-state index >= 15 is 0 Å². The van der Waals surface area contributed by atoms with E-state index in [2.05, 4.69) is 10.3 Å². The van der Waals surface area contributed by atoms with Gasteiger partial charge in [0.25, 0.3) is 5.91 Å². The van der Waals surface area contributed by atoms with E-state index in [0.717, 1.165) is 0 Å². The van der Waals surface area contributed by atoms with Crippen LogP contribution in [-0.2, 0) is 9.31 Å². The van der Waals surface area contributed by atoms with Crippen LogP contribution in [0.2, 0.25) is 0 Å². The highest BCUT2D eigenvalue weighted by Gasteiger charge is 2.50. The van der Waals surface area contributed by atoms with Crippen molar-refractivity contribution >= 4 is 13.0 Å². The van der Waals surface area contributed by atoms with Gasteiger partial charge in [-0.1, -0.05) is 0 Å². The summed E-state index contributed by atoms with van der Waals surface area (Å²) in [6.07, 6.45) is 2.89. The third kappa shape index (κ3) is 2.94. The second-order valence-electron chi connectivity index (χ2n) is 5.83. The molecule has 2 N–H and O–H groups in total. The van der Waals surface area contributed by atoms with Gasteiger partial charge in [-0.3, -0.25) is 9.78 Å². The van der Waals surface area contributed by atoms with Gasteiger partial charge < -0.3 is 19.7 Å². The third-order valence-electron chi connectivity index (χ3n) is 3.72. The summed E-state index contributed by atoms with van der Waals surface area (Å²) in [7, 11) is -0.491. The Morgan fingerprint density at radius 1 is 1.30 bits per heavy atom. The average molecular weight is 278 g/mol. The molecular weight excluding hydrogens is 259 g/mol. The molecule has 2 heterocycles. The fourth-order valence-electron chi connectivity index (χ4n) is 1.88. The van der Waals surface area contributed by atoms with Crippen molar-refractivity contribution in [2.24, 2.45) is 0 Å². The van der Waals surface area contributed by atoms with Crippen LogP contribution in [0.5, 0.6) is 5.75 Å². The van der Waals surface area contributed by atoms with Crippen molar-refractivity contribution in [1.82, 2.24) is 10.3 Å². The summed E-state index contributed by atoms with van der Waals surface area (Å²) in [5, 5.41) is 12.0. The number of rotatable bonds is 3. The van der Waals surface area contributed by atoms with Gasteiger partial charge in [-0.25, -0.2) is 0 Å². The molecule has 1 aliphatic rings. The van der Waals surface area contributed by atoms with E-state index < -0.39 is 18.3 Å². The summed E-state index contributed by atoms with van der Waals surface area (Å²) in [5.41, 5.74) is -0.550. The Morgan fingerprint density at radius 2 is 1.90 bits per heavy atom. The maximum Gasteiger partial charge on any atom is 0.478 e. The number of hydrogen-bond acceptors (Lipinski definition) is 5. The van der Waals surface area contributed by atoms with Gasteiger partial charge in [0.1, 0.15) is 5.75 Å². The van der Waals surface area contributed by atoms with Gasteiger partial charge >= 0.3 is 7.12 Å². The lowest BCUT2D eigenvalue weighted by molar-refractivity contribution is 0.00578. The van der Waals surface area contributed by atoms with E-state index in [0.29, 0.717) is 5.56 Å². The van der Waals surface area contributed by atoms with Crippen LogP contribution >= 0.6 is 0 Å². The lowest BCUT2D eigenvalue weighted by atomic mass is 9.90. The number of carbonyl (C=O) groups is 1. The Hall–Kier alpha value is -1.60. The Morgan fingerprint density at radius 3 is 2.45 bits per heavy atom. The molecule has 20 heavy (non-hydrogen) atoms. The maximum atomic E-state index is 11.9. The molecule has 1 saturated heterocycles. The molecule has 6 nitrogen and oxygen atoms in total. The van der Waals surface area contributed by atoms with E-state index in [-0.39, 0.29) is 18.1 Å². The molecule has 108 valence electrons. The van der Waals surface area contributed by atoms with E-state index in [1.807, 2.05) is 27.7 Å². The molecule has 1 aliphatic heterocycles. The summed E-state index contributed by atoms with van der Waals surface area (Å²) in [5.74, 6) is -0.378. The van der Waals surface area contributed by atoms with E-state index in [1.165, 1.54) is 18.5 Å². The second-order valence-corrected chi connectivity index (χ2v) is 5.83. The second kappa shape index (κ2) is 5.07. The lowest BCUT2D eigenvalue weighted by Crippen LogP contribution is -2.41. The van der Waals surface area contributed by atoms with Gasteiger partial charge in [-0.2, -0.15) is 0 Å². The van der Waals surface area contributed by atoms with Crippen molar-refractivity contribution < 1.29 is 19.2 Å². The monoisotopic (exact) mass is 278 g/mol. The molecule has 0 aromatic carbocycles. The van der Waals surface area contributed by atoms with Gasteiger partial charge in [0.2, 0.25) is 0 Å². The molecule has 1 aromatic rings. The van der Waals surface area contributed by atoms with Gasteiger partial charge in [-0.15, -0.1) is 0 Å². The number of carbonyl (C=O) groups excluding carboxylic acids is 1. The predicted octanol–water partition coefficient (Wildman–Crippen LogP) is 1.15. The zero-order valence-electron chi connectivity index (χ0n) is 12.1. The fourth-order valence-corrected chi connectivity index (χ4v) is 1.88. The van der Waals surface area contributed by atoms with Crippen molar-refractivity contribution in [1.29, 1.82) is 0 Å². The summed E-state index contributed by atoms with van der Waals surface area (Å²) < 4.78 is 11.5. The first-order chi connectivity index (χ1) is 9.21. The Labute approximate surface area is 118 Å². The Bertz CT molecular complexity index is 503. The summed E-state index contributed by atoms with van der Waals surface area (Å²) in [6.45, 7) is 7.81. The standard InChI is InChI=1S/C13H19BN2O4/c1-12(2)13(3,4)20-14(19-12)8-16-11(18)9-5-10(17)7-15-6-9/h5-7,17H,8H2,1-4H3,(H,16,18). The van der Waals surface area contributed by atoms with Gasteiger partial charge in [0.05, 0.1) is 29.4 Å². The first kappa shape index (κ1) is 14.8. The summed E-state index contributed by atoms with van der Waals surface area (Å²) in [4.78, 5) is 15.7. The molecule has 0 bridgehead atoms. The molecule has 0 atom stereocenters. The van der Waals surface area contributed by atoms with Crippen molar-refractivity contribution in [2.45, 2.75) is 38.9 Å². The molecular formula is C13H19BN2O4. The molecule has 1 aromatic heterocycles. The zero-order valence-corrected chi connectivity index (χ0v) is 12.1. The van der Waals surface area contributed by atoms with Crippen LogP contribution in [-0.4, -0.2) is 40.8 Å². The number of nitrogens with zero attached hydrogens (tertiary/aromatic N) is 1. The normalized spacial score (nSPS) is 19.9. The molecule has 0 unspecified atom stereocenters. The van der Waals surface area contributed by atoms with Crippen LogP contribution in [0.15, 0.2) is 18.5 Å². The number of aromatic hydroxyl groups is 1.